The third-order valence-corrected chi connectivity index (χ3v) is 4.89. The number of carbonyl (C=O) groups is 1. The van der Waals surface area contributed by atoms with Crippen LogP contribution in [0.4, 0.5) is 11.4 Å². The molecule has 1 amide bonds. The average molecular weight is 337 g/mol. The molecule has 0 saturated heterocycles. The predicted molar refractivity (Wildman–Crippen MR) is 103 cm³/mol. The van der Waals surface area contributed by atoms with Crippen molar-refractivity contribution in [1.82, 2.24) is 4.98 Å². The summed E-state index contributed by atoms with van der Waals surface area (Å²) in [5, 5.41) is 6.54. The Hall–Kier alpha value is -2.36. The molecular formula is C21H27N3O. The summed E-state index contributed by atoms with van der Waals surface area (Å²) in [6.45, 7) is 6.28. The van der Waals surface area contributed by atoms with E-state index in [-0.39, 0.29) is 5.91 Å². The molecule has 1 aromatic carbocycles. The van der Waals surface area contributed by atoms with Crippen LogP contribution in [0.1, 0.15) is 67.1 Å². The van der Waals surface area contributed by atoms with Crippen LogP contribution in [0.5, 0.6) is 0 Å². The summed E-state index contributed by atoms with van der Waals surface area (Å²) in [6, 6.07) is 10.4. The van der Waals surface area contributed by atoms with Gasteiger partial charge in [0.15, 0.2) is 0 Å². The molecule has 0 bridgehead atoms. The molecule has 1 heterocycles. The Morgan fingerprint density at radius 2 is 1.92 bits per heavy atom. The van der Waals surface area contributed by atoms with Gasteiger partial charge in [0.25, 0.3) is 5.91 Å². The van der Waals surface area contributed by atoms with Gasteiger partial charge in [-0.1, -0.05) is 44.9 Å². The van der Waals surface area contributed by atoms with Crippen molar-refractivity contribution in [3.05, 3.63) is 53.3 Å². The van der Waals surface area contributed by atoms with Crippen molar-refractivity contribution in [2.24, 2.45) is 0 Å². The number of aryl methyl sites for hydroxylation is 1. The Labute approximate surface area is 150 Å². The van der Waals surface area contributed by atoms with E-state index in [1.54, 1.807) is 12.3 Å². The first-order valence-corrected chi connectivity index (χ1v) is 9.18. The molecule has 3 rings (SSSR count). The van der Waals surface area contributed by atoms with Crippen LogP contribution >= 0.6 is 0 Å². The second-order valence-electron chi connectivity index (χ2n) is 7.21. The fraction of sp³-hybridized carbons (Fsp3) is 0.429. The molecule has 0 radical (unpaired) electrons. The van der Waals surface area contributed by atoms with Crippen molar-refractivity contribution < 1.29 is 4.79 Å². The summed E-state index contributed by atoms with van der Waals surface area (Å²) in [4.78, 5) is 16.9. The van der Waals surface area contributed by atoms with Gasteiger partial charge >= 0.3 is 0 Å². The van der Waals surface area contributed by atoms with E-state index in [0.29, 0.717) is 17.7 Å². The van der Waals surface area contributed by atoms with Crippen LogP contribution in [0.15, 0.2) is 36.5 Å². The number of pyridine rings is 1. The molecule has 2 aromatic rings. The Kier molecular flexibility index (Phi) is 5.37. The number of amides is 1. The van der Waals surface area contributed by atoms with Crippen molar-refractivity contribution in [2.75, 3.05) is 10.6 Å². The second kappa shape index (κ2) is 7.68. The lowest BCUT2D eigenvalue weighted by atomic mass is 9.98. The minimum atomic E-state index is -0.163. The fourth-order valence-corrected chi connectivity index (χ4v) is 3.44. The van der Waals surface area contributed by atoms with E-state index < -0.39 is 0 Å². The van der Waals surface area contributed by atoms with E-state index in [9.17, 15) is 4.79 Å². The minimum absolute atomic E-state index is 0.163. The summed E-state index contributed by atoms with van der Waals surface area (Å²) < 4.78 is 0. The Morgan fingerprint density at radius 3 is 2.56 bits per heavy atom. The molecule has 4 heteroatoms. The fourth-order valence-electron chi connectivity index (χ4n) is 3.44. The molecule has 1 aliphatic rings. The highest BCUT2D eigenvalue weighted by Crippen LogP contribution is 2.28. The monoisotopic (exact) mass is 337 g/mol. The maximum absolute atomic E-state index is 12.6. The SMILES string of the molecule is Cc1cccc(C(C)C)c1NC(=O)c1ccc(NC2CCCC2)cn1. The van der Waals surface area contributed by atoms with Gasteiger partial charge in [0.1, 0.15) is 5.69 Å². The largest absolute Gasteiger partial charge is 0.381 e. The Balaban J connectivity index is 1.71. The van der Waals surface area contributed by atoms with Gasteiger partial charge in [-0.2, -0.15) is 0 Å². The van der Waals surface area contributed by atoms with Crippen molar-refractivity contribution >= 4 is 17.3 Å². The molecule has 2 N–H and O–H groups in total. The lowest BCUT2D eigenvalue weighted by molar-refractivity contribution is 0.102. The Morgan fingerprint density at radius 1 is 1.16 bits per heavy atom. The average Bonchev–Trinajstić information content (AvgIpc) is 3.10. The number of anilines is 2. The number of para-hydroxylation sites is 1. The van der Waals surface area contributed by atoms with Crippen molar-refractivity contribution in [2.45, 2.75) is 58.4 Å². The number of hydrogen-bond acceptors (Lipinski definition) is 3. The highest BCUT2D eigenvalue weighted by atomic mass is 16.1. The molecule has 4 nitrogen and oxygen atoms in total. The lowest BCUT2D eigenvalue weighted by Gasteiger charge is -2.16. The van der Waals surface area contributed by atoms with Gasteiger partial charge in [0, 0.05) is 11.7 Å². The molecule has 0 atom stereocenters. The first-order valence-electron chi connectivity index (χ1n) is 9.18. The van der Waals surface area contributed by atoms with Crippen LogP contribution in [0.25, 0.3) is 0 Å². The molecular weight excluding hydrogens is 310 g/mol. The van der Waals surface area contributed by atoms with Crippen molar-refractivity contribution in [3.63, 3.8) is 0 Å². The van der Waals surface area contributed by atoms with Crippen molar-refractivity contribution in [1.29, 1.82) is 0 Å². The van der Waals surface area contributed by atoms with E-state index in [2.05, 4.69) is 35.5 Å². The van der Waals surface area contributed by atoms with E-state index in [1.165, 1.54) is 25.7 Å². The number of nitrogens with zero attached hydrogens (tertiary/aromatic N) is 1. The van der Waals surface area contributed by atoms with Crippen LogP contribution in [0.2, 0.25) is 0 Å². The first kappa shape index (κ1) is 17.5. The maximum atomic E-state index is 12.6. The van der Waals surface area contributed by atoms with E-state index in [0.717, 1.165) is 22.5 Å². The van der Waals surface area contributed by atoms with Crippen LogP contribution in [0, 0.1) is 6.92 Å². The summed E-state index contributed by atoms with van der Waals surface area (Å²) >= 11 is 0. The lowest BCUT2D eigenvalue weighted by Crippen LogP contribution is -2.17. The van der Waals surface area contributed by atoms with Gasteiger partial charge in [0.2, 0.25) is 0 Å². The van der Waals surface area contributed by atoms with Gasteiger partial charge in [-0.3, -0.25) is 4.79 Å². The molecule has 1 aromatic heterocycles. The standard InChI is InChI=1S/C21H27N3O/c1-14(2)18-10-6-7-15(3)20(18)24-21(25)19-12-11-17(13-22-19)23-16-8-4-5-9-16/h6-7,10-14,16,23H,4-5,8-9H2,1-3H3,(H,24,25). The zero-order valence-corrected chi connectivity index (χ0v) is 15.3. The third-order valence-electron chi connectivity index (χ3n) is 4.89. The van der Waals surface area contributed by atoms with Crippen LogP contribution in [0.3, 0.4) is 0 Å². The molecule has 1 fully saturated rings. The summed E-state index contributed by atoms with van der Waals surface area (Å²) in [5.41, 5.74) is 4.54. The first-order chi connectivity index (χ1) is 12.0. The number of hydrogen-bond donors (Lipinski definition) is 2. The Bertz CT molecular complexity index is 731. The topological polar surface area (TPSA) is 54.0 Å². The normalized spacial score (nSPS) is 14.7. The quantitative estimate of drug-likeness (QED) is 0.796. The number of rotatable bonds is 5. The number of aromatic nitrogens is 1. The molecule has 1 saturated carbocycles. The van der Waals surface area contributed by atoms with Crippen molar-refractivity contribution in [3.8, 4) is 0 Å². The minimum Gasteiger partial charge on any atom is -0.381 e. The van der Waals surface area contributed by atoms with Crippen LogP contribution in [-0.4, -0.2) is 16.9 Å². The summed E-state index contributed by atoms with van der Waals surface area (Å²) in [5.74, 6) is 0.185. The number of carbonyl (C=O) groups excluding carboxylic acids is 1. The van der Waals surface area contributed by atoms with Gasteiger partial charge in [0.05, 0.1) is 11.9 Å². The summed E-state index contributed by atoms with van der Waals surface area (Å²) in [6.07, 6.45) is 6.77. The zero-order valence-electron chi connectivity index (χ0n) is 15.3. The van der Waals surface area contributed by atoms with Gasteiger partial charge in [-0.05, 0) is 48.9 Å². The molecule has 25 heavy (non-hydrogen) atoms. The number of nitrogens with one attached hydrogen (secondary N) is 2. The molecule has 0 aliphatic heterocycles. The maximum Gasteiger partial charge on any atom is 0.274 e. The van der Waals surface area contributed by atoms with E-state index >= 15 is 0 Å². The predicted octanol–water partition coefficient (Wildman–Crippen LogP) is 5.12. The van der Waals surface area contributed by atoms with Crippen LogP contribution < -0.4 is 10.6 Å². The van der Waals surface area contributed by atoms with E-state index in [1.807, 2.05) is 25.1 Å². The smallest absolute Gasteiger partial charge is 0.274 e. The van der Waals surface area contributed by atoms with E-state index in [4.69, 9.17) is 0 Å². The van der Waals surface area contributed by atoms with Crippen LogP contribution in [-0.2, 0) is 0 Å². The van der Waals surface area contributed by atoms with Gasteiger partial charge in [-0.15, -0.1) is 0 Å². The number of benzene rings is 1. The second-order valence-corrected chi connectivity index (χ2v) is 7.21. The van der Waals surface area contributed by atoms with Gasteiger partial charge in [-0.25, -0.2) is 4.98 Å². The molecule has 1 aliphatic carbocycles. The third kappa shape index (κ3) is 4.19. The summed E-state index contributed by atoms with van der Waals surface area (Å²) in [7, 11) is 0. The highest BCUT2D eigenvalue weighted by Gasteiger charge is 2.16. The zero-order chi connectivity index (χ0) is 17.8. The molecule has 132 valence electrons. The highest BCUT2D eigenvalue weighted by molar-refractivity contribution is 6.03. The molecule has 0 spiro atoms. The van der Waals surface area contributed by atoms with Gasteiger partial charge < -0.3 is 10.6 Å². The molecule has 0 unspecified atom stereocenters.